The van der Waals surface area contributed by atoms with E-state index in [2.05, 4.69) is 15.6 Å². The Labute approximate surface area is 253 Å². The predicted octanol–water partition coefficient (Wildman–Crippen LogP) is 3.86. The molecule has 0 aliphatic carbocycles. The van der Waals surface area contributed by atoms with Crippen LogP contribution in [0, 0.1) is 12.9 Å². The molecule has 0 unspecified atom stereocenters. The van der Waals surface area contributed by atoms with E-state index in [9.17, 15) is 14.0 Å². The van der Waals surface area contributed by atoms with Crippen molar-refractivity contribution >= 4 is 23.4 Å². The van der Waals surface area contributed by atoms with Crippen LogP contribution in [-0.4, -0.2) is 78.3 Å². The smallest absolute Gasteiger partial charge is 0.320 e. The number of carbonyl (C=O) groups excluding carboxylic acids is 2. The highest BCUT2D eigenvalue weighted by Gasteiger charge is 2.37. The van der Waals surface area contributed by atoms with Gasteiger partial charge in [0.2, 0.25) is 5.95 Å². The second-order valence-corrected chi connectivity index (χ2v) is 10.5. The number of fused-ring (bicyclic) bond motifs is 1. The van der Waals surface area contributed by atoms with E-state index in [0.29, 0.717) is 53.8 Å². The first-order chi connectivity index (χ1) is 21.3. The fourth-order valence-corrected chi connectivity index (χ4v) is 5.34. The Kier molecular flexibility index (Phi) is 8.24. The summed E-state index contributed by atoms with van der Waals surface area (Å²) in [5, 5.41) is 12.6. The quantitative estimate of drug-likeness (QED) is 0.292. The molecule has 228 valence electrons. The molecule has 2 N–H and O–H groups in total. The topological polar surface area (TPSA) is 123 Å². The number of para-hydroxylation sites is 1. The molecule has 13 heteroatoms. The fourth-order valence-electron chi connectivity index (χ4n) is 5.34. The Morgan fingerprint density at radius 3 is 2.75 bits per heavy atom. The van der Waals surface area contributed by atoms with E-state index in [1.165, 1.54) is 12.3 Å². The number of anilines is 2. The van der Waals surface area contributed by atoms with Crippen LogP contribution in [0.4, 0.5) is 20.7 Å². The molecule has 1 fully saturated rings. The van der Waals surface area contributed by atoms with Crippen LogP contribution in [0.2, 0.25) is 0 Å². The zero-order valence-corrected chi connectivity index (χ0v) is 24.5. The van der Waals surface area contributed by atoms with Gasteiger partial charge in [0.25, 0.3) is 5.91 Å². The van der Waals surface area contributed by atoms with E-state index in [4.69, 9.17) is 19.4 Å². The normalized spacial score (nSPS) is 18.2. The van der Waals surface area contributed by atoms with Crippen molar-refractivity contribution in [3.05, 3.63) is 83.9 Å². The van der Waals surface area contributed by atoms with Gasteiger partial charge in [0.05, 0.1) is 29.7 Å². The molecule has 6 rings (SSSR count). The Balaban J connectivity index is 1.30. The first kappa shape index (κ1) is 29.2. The number of halogens is 1. The molecular weight excluding hydrogens is 569 g/mol. The highest BCUT2D eigenvalue weighted by Crippen LogP contribution is 2.38. The summed E-state index contributed by atoms with van der Waals surface area (Å²) in [6.07, 6.45) is 0.732. The molecule has 2 aliphatic heterocycles. The number of carbonyl (C=O) groups is 2. The number of urea groups is 1. The highest BCUT2D eigenvalue weighted by atomic mass is 19.1. The molecule has 2 atom stereocenters. The number of pyridine rings is 1. The summed E-state index contributed by atoms with van der Waals surface area (Å²) < 4.78 is 26.4. The summed E-state index contributed by atoms with van der Waals surface area (Å²) in [6, 6.07) is 17.0. The Hall–Kier alpha value is -4.85. The van der Waals surface area contributed by atoms with E-state index < -0.39 is 24.1 Å². The molecule has 12 nitrogen and oxygen atoms in total. The highest BCUT2D eigenvalue weighted by molar-refractivity contribution is 5.98. The van der Waals surface area contributed by atoms with Crippen LogP contribution in [0.15, 0.2) is 66.9 Å². The third-order valence-corrected chi connectivity index (χ3v) is 7.64. The number of methoxy groups -OCH3 is 1. The van der Waals surface area contributed by atoms with Gasteiger partial charge in [-0.1, -0.05) is 18.2 Å². The zero-order chi connectivity index (χ0) is 30.8. The number of nitrogens with one attached hydrogen (secondary N) is 2. The Bertz CT molecular complexity index is 1680. The van der Waals surface area contributed by atoms with Crippen molar-refractivity contribution < 1.29 is 28.3 Å². The van der Waals surface area contributed by atoms with Gasteiger partial charge >= 0.3 is 6.03 Å². The van der Waals surface area contributed by atoms with Gasteiger partial charge in [0.1, 0.15) is 17.7 Å². The van der Waals surface area contributed by atoms with Crippen LogP contribution < -0.4 is 20.3 Å². The average Bonchev–Trinajstić information content (AvgIpc) is 3.58. The van der Waals surface area contributed by atoms with E-state index in [1.807, 2.05) is 55.5 Å². The number of hydroxylamine groups is 2. The molecular formula is C31H32FN7O5. The number of hydrogen-bond donors (Lipinski definition) is 2. The van der Waals surface area contributed by atoms with Crippen LogP contribution in [0.25, 0.3) is 16.9 Å². The summed E-state index contributed by atoms with van der Waals surface area (Å²) in [5.41, 5.74) is 4.02. The van der Waals surface area contributed by atoms with Gasteiger partial charge in [0, 0.05) is 44.6 Å². The molecule has 2 aromatic heterocycles. The second kappa shape index (κ2) is 12.4. The predicted molar refractivity (Wildman–Crippen MR) is 160 cm³/mol. The summed E-state index contributed by atoms with van der Waals surface area (Å²) in [4.78, 5) is 37.1. The van der Waals surface area contributed by atoms with Crippen LogP contribution in [0.1, 0.15) is 17.2 Å². The number of amides is 3. The second-order valence-electron chi connectivity index (χ2n) is 10.5. The molecule has 2 aliphatic rings. The van der Waals surface area contributed by atoms with Gasteiger partial charge in [0.15, 0.2) is 6.61 Å². The summed E-state index contributed by atoms with van der Waals surface area (Å²) >= 11 is 0. The third kappa shape index (κ3) is 5.84. The summed E-state index contributed by atoms with van der Waals surface area (Å²) in [7, 11) is 3.30. The van der Waals surface area contributed by atoms with Crippen molar-refractivity contribution in [1.29, 1.82) is 0 Å². The number of benzene rings is 2. The van der Waals surface area contributed by atoms with E-state index in [-0.39, 0.29) is 12.5 Å². The maximum atomic E-state index is 14.0. The van der Waals surface area contributed by atoms with Crippen LogP contribution in [0.3, 0.4) is 0 Å². The van der Waals surface area contributed by atoms with Crippen LogP contribution in [-0.2, 0) is 14.4 Å². The minimum Gasteiger partial charge on any atom is -0.482 e. The van der Waals surface area contributed by atoms with Crippen molar-refractivity contribution in [2.24, 2.45) is 0 Å². The summed E-state index contributed by atoms with van der Waals surface area (Å²) in [5.74, 6) is 0.285. The van der Waals surface area contributed by atoms with Crippen molar-refractivity contribution in [2.75, 3.05) is 50.7 Å². The lowest BCUT2D eigenvalue weighted by Crippen LogP contribution is -2.42. The lowest BCUT2D eigenvalue weighted by atomic mass is 10.0. The third-order valence-electron chi connectivity index (χ3n) is 7.64. The van der Waals surface area contributed by atoms with Crippen LogP contribution in [0.5, 0.6) is 5.75 Å². The van der Waals surface area contributed by atoms with Crippen molar-refractivity contribution in [2.45, 2.75) is 19.1 Å². The Morgan fingerprint density at radius 2 is 1.98 bits per heavy atom. The fraction of sp³-hybridized carbons (Fsp3) is 0.290. The minimum absolute atomic E-state index is 0.0131. The van der Waals surface area contributed by atoms with E-state index in [0.717, 1.165) is 11.3 Å². The van der Waals surface area contributed by atoms with Gasteiger partial charge in [-0.05, 0) is 55.0 Å². The van der Waals surface area contributed by atoms with E-state index >= 15 is 0 Å². The SMILES string of the molecule is COCCN1C[C@@H](NC(=O)Nc2c(C)c(-c3ccc4c(c3)N(C)C(=O)CO4)nn2-c2ccccc2)[C@H](c2ccnc(F)c2)O1. The van der Waals surface area contributed by atoms with Gasteiger partial charge in [-0.3, -0.25) is 14.9 Å². The monoisotopic (exact) mass is 601 g/mol. The van der Waals surface area contributed by atoms with Crippen molar-refractivity contribution in [3.8, 4) is 22.7 Å². The summed E-state index contributed by atoms with van der Waals surface area (Å²) in [6.45, 7) is 3.11. The van der Waals surface area contributed by atoms with Crippen LogP contribution >= 0.6 is 0 Å². The number of rotatable bonds is 8. The largest absolute Gasteiger partial charge is 0.482 e. The lowest BCUT2D eigenvalue weighted by Gasteiger charge is -2.26. The average molecular weight is 602 g/mol. The maximum Gasteiger partial charge on any atom is 0.320 e. The molecule has 0 spiro atoms. The van der Waals surface area contributed by atoms with Gasteiger partial charge in [-0.2, -0.15) is 14.6 Å². The molecule has 0 radical (unpaired) electrons. The number of nitrogens with zero attached hydrogens (tertiary/aromatic N) is 5. The first-order valence-electron chi connectivity index (χ1n) is 14.1. The maximum absolute atomic E-state index is 14.0. The molecule has 0 saturated carbocycles. The molecule has 4 aromatic rings. The standard InChI is InChI=1S/C31H32FN7O5/c1-19-28(20-9-10-25-24(15-20)37(2)27(40)18-43-25)36-39(22-7-5-4-6-8-22)30(19)35-31(41)34-23-17-38(13-14-42-3)44-29(23)21-11-12-33-26(32)16-21/h4-12,15-16,23,29H,13-14,17-18H2,1-3H3,(H2,34,35,41)/t23-,29+/m1/s1. The molecule has 4 heterocycles. The van der Waals surface area contributed by atoms with Gasteiger partial charge in [-0.25, -0.2) is 14.5 Å². The first-order valence-corrected chi connectivity index (χ1v) is 14.1. The van der Waals surface area contributed by atoms with Gasteiger partial charge < -0.3 is 19.7 Å². The van der Waals surface area contributed by atoms with Crippen molar-refractivity contribution in [1.82, 2.24) is 25.1 Å². The molecule has 3 amide bonds. The Morgan fingerprint density at radius 1 is 1.16 bits per heavy atom. The van der Waals surface area contributed by atoms with Gasteiger partial charge in [-0.15, -0.1) is 0 Å². The molecule has 0 bridgehead atoms. The number of hydrogen-bond acceptors (Lipinski definition) is 8. The van der Waals surface area contributed by atoms with E-state index in [1.54, 1.807) is 34.9 Å². The number of aromatic nitrogens is 3. The molecule has 44 heavy (non-hydrogen) atoms. The molecule has 1 saturated heterocycles. The zero-order valence-electron chi connectivity index (χ0n) is 24.5. The molecule has 2 aromatic carbocycles. The lowest BCUT2D eigenvalue weighted by molar-refractivity contribution is -0.154. The number of likely N-dealkylation sites (N-methyl/N-ethyl adjacent to an activating group) is 1. The number of ether oxygens (including phenoxy) is 2. The van der Waals surface area contributed by atoms with Crippen molar-refractivity contribution in [3.63, 3.8) is 0 Å². The minimum atomic E-state index is -0.636.